The summed E-state index contributed by atoms with van der Waals surface area (Å²) in [6.45, 7) is 4.10. The lowest BCUT2D eigenvalue weighted by Gasteiger charge is -2.34. The highest BCUT2D eigenvalue weighted by atomic mass is 16.2. The van der Waals surface area contributed by atoms with Gasteiger partial charge in [-0.05, 0) is 37.4 Å². The number of carbonyl (C=O) groups excluding carboxylic acids is 1. The number of fused-ring (bicyclic) bond motifs is 1. The minimum absolute atomic E-state index is 0.191. The van der Waals surface area contributed by atoms with Crippen molar-refractivity contribution in [1.82, 2.24) is 20.2 Å². The molecule has 146 valence electrons. The van der Waals surface area contributed by atoms with E-state index in [1.54, 1.807) is 12.3 Å². The Balaban J connectivity index is 1.43. The van der Waals surface area contributed by atoms with Gasteiger partial charge >= 0.3 is 0 Å². The van der Waals surface area contributed by atoms with Gasteiger partial charge in [0.25, 0.3) is 5.91 Å². The van der Waals surface area contributed by atoms with Crippen LogP contribution in [-0.4, -0.2) is 59.8 Å². The fraction of sp³-hybridized carbons (Fsp3) is 0.227. The van der Waals surface area contributed by atoms with E-state index in [9.17, 15) is 4.79 Å². The quantitative estimate of drug-likeness (QED) is 0.677. The third kappa shape index (κ3) is 3.40. The lowest BCUT2D eigenvalue weighted by Crippen LogP contribution is -2.44. The van der Waals surface area contributed by atoms with Crippen LogP contribution < -0.4 is 10.2 Å². The number of nitrogens with zero attached hydrogens (tertiary/aromatic N) is 4. The van der Waals surface area contributed by atoms with Crippen molar-refractivity contribution in [1.29, 1.82) is 0 Å². The number of piperazine rings is 1. The third-order valence-corrected chi connectivity index (χ3v) is 5.46. The van der Waals surface area contributed by atoms with E-state index in [4.69, 9.17) is 0 Å². The molecule has 0 atom stereocenters. The molecule has 1 fully saturated rings. The molecule has 7 nitrogen and oxygen atoms in total. The summed E-state index contributed by atoms with van der Waals surface area (Å²) in [5.74, 6) is 0.401. The second-order valence-corrected chi connectivity index (χ2v) is 7.43. The molecular formula is C22H22N6O. The summed E-state index contributed by atoms with van der Waals surface area (Å²) in [6.07, 6.45) is 5.38. The van der Waals surface area contributed by atoms with E-state index in [0.29, 0.717) is 11.5 Å². The maximum atomic E-state index is 12.5. The number of likely N-dealkylation sites (N-methyl/N-ethyl adjacent to an activating group) is 1. The molecular weight excluding hydrogens is 364 g/mol. The van der Waals surface area contributed by atoms with Gasteiger partial charge in [-0.1, -0.05) is 12.1 Å². The van der Waals surface area contributed by atoms with Crippen LogP contribution in [0.1, 0.15) is 11.1 Å². The number of hydrogen-bond donors (Lipinski definition) is 2. The number of carbonyl (C=O) groups is 1. The molecule has 0 spiro atoms. The monoisotopic (exact) mass is 386 g/mol. The summed E-state index contributed by atoms with van der Waals surface area (Å²) in [4.78, 5) is 29.2. The second kappa shape index (κ2) is 7.18. The van der Waals surface area contributed by atoms with Crippen molar-refractivity contribution in [3.63, 3.8) is 0 Å². The minimum atomic E-state index is -0.191. The lowest BCUT2D eigenvalue weighted by molar-refractivity contribution is -0.115. The average Bonchev–Trinajstić information content (AvgIpc) is 3.33. The lowest BCUT2D eigenvalue weighted by atomic mass is 10.1. The molecule has 0 unspecified atom stereocenters. The Bertz CT molecular complexity index is 1140. The molecule has 0 saturated carbocycles. The van der Waals surface area contributed by atoms with Gasteiger partial charge in [0.1, 0.15) is 17.2 Å². The molecule has 2 aromatic heterocycles. The fourth-order valence-corrected chi connectivity index (χ4v) is 3.76. The van der Waals surface area contributed by atoms with E-state index in [-0.39, 0.29) is 5.91 Å². The van der Waals surface area contributed by atoms with Crippen molar-refractivity contribution in [2.75, 3.05) is 38.1 Å². The maximum absolute atomic E-state index is 12.5. The highest BCUT2D eigenvalue weighted by molar-refractivity contribution is 6.20. The molecule has 3 aromatic rings. The standard InChI is InChI=1S/C22H22N6O/c1-27-8-10-28(11-9-27)17-5-2-4-15(12-17)20-25-19(22(29)26-20)13-16-14-24-21-18(16)6-3-7-23-21/h2-7,12-14H,8-11H2,1H3,(H,23,24)(H,25,26,29)/b19-13-. The number of aromatic amines is 1. The minimum Gasteiger partial charge on any atom is -0.369 e. The summed E-state index contributed by atoms with van der Waals surface area (Å²) >= 11 is 0. The molecule has 7 heteroatoms. The SMILES string of the molecule is CN1CCN(c2cccc(C3=N/C(=C\c4c[nH]c5ncccc45)C(=O)N3)c2)CC1. The number of amides is 1. The topological polar surface area (TPSA) is 76.6 Å². The largest absolute Gasteiger partial charge is 0.369 e. The van der Waals surface area contributed by atoms with Crippen molar-refractivity contribution in [3.05, 3.63) is 65.6 Å². The summed E-state index contributed by atoms with van der Waals surface area (Å²) in [5, 5.41) is 3.87. The van der Waals surface area contributed by atoms with Crippen molar-refractivity contribution >= 4 is 34.5 Å². The number of hydrogen-bond acceptors (Lipinski definition) is 5. The molecule has 0 bridgehead atoms. The first-order valence-corrected chi connectivity index (χ1v) is 9.75. The number of aliphatic imine (C=N–C) groups is 1. The van der Waals surface area contributed by atoms with Crippen LogP contribution in [0.4, 0.5) is 5.69 Å². The first-order valence-electron chi connectivity index (χ1n) is 9.75. The predicted molar refractivity (Wildman–Crippen MR) is 115 cm³/mol. The van der Waals surface area contributed by atoms with Crippen LogP contribution in [0, 0.1) is 0 Å². The van der Waals surface area contributed by atoms with E-state index < -0.39 is 0 Å². The van der Waals surface area contributed by atoms with Crippen LogP contribution in [0.25, 0.3) is 17.1 Å². The van der Waals surface area contributed by atoms with Crippen LogP contribution in [0.3, 0.4) is 0 Å². The number of H-pyrrole nitrogens is 1. The van der Waals surface area contributed by atoms with Crippen molar-refractivity contribution < 1.29 is 4.79 Å². The molecule has 5 rings (SSSR count). The van der Waals surface area contributed by atoms with Gasteiger partial charge < -0.3 is 20.1 Å². The zero-order chi connectivity index (χ0) is 19.8. The number of nitrogens with one attached hydrogen (secondary N) is 2. The normalized spacial score (nSPS) is 19.1. The smallest absolute Gasteiger partial charge is 0.275 e. The Labute approximate surface area is 168 Å². The first kappa shape index (κ1) is 17.6. The van der Waals surface area contributed by atoms with Crippen LogP contribution in [-0.2, 0) is 4.79 Å². The Hall–Kier alpha value is -3.45. The highest BCUT2D eigenvalue weighted by Gasteiger charge is 2.22. The van der Waals surface area contributed by atoms with E-state index in [1.807, 2.05) is 30.5 Å². The fourth-order valence-electron chi connectivity index (χ4n) is 3.76. The van der Waals surface area contributed by atoms with Crippen LogP contribution in [0.2, 0.25) is 0 Å². The summed E-state index contributed by atoms with van der Waals surface area (Å²) < 4.78 is 0. The van der Waals surface area contributed by atoms with Crippen LogP contribution in [0.5, 0.6) is 0 Å². The van der Waals surface area contributed by atoms with Gasteiger partial charge in [-0.15, -0.1) is 0 Å². The second-order valence-electron chi connectivity index (χ2n) is 7.43. The number of amidine groups is 1. The number of benzene rings is 1. The third-order valence-electron chi connectivity index (χ3n) is 5.46. The summed E-state index contributed by atoms with van der Waals surface area (Å²) in [6, 6.07) is 12.1. The Kier molecular flexibility index (Phi) is 4.37. The van der Waals surface area contributed by atoms with Gasteiger partial charge in [0.2, 0.25) is 0 Å². The van der Waals surface area contributed by atoms with E-state index in [1.165, 1.54) is 0 Å². The molecule has 4 heterocycles. The first-order chi connectivity index (χ1) is 14.2. The zero-order valence-corrected chi connectivity index (χ0v) is 16.2. The van der Waals surface area contributed by atoms with Gasteiger partial charge in [-0.2, -0.15) is 0 Å². The molecule has 1 aromatic carbocycles. The molecule has 0 radical (unpaired) electrons. The summed E-state index contributed by atoms with van der Waals surface area (Å²) in [5.41, 5.74) is 4.16. The van der Waals surface area contributed by atoms with Gasteiger partial charge in [-0.3, -0.25) is 4.79 Å². The van der Waals surface area contributed by atoms with Crippen molar-refractivity contribution in [2.24, 2.45) is 4.99 Å². The number of pyridine rings is 1. The van der Waals surface area contributed by atoms with E-state index >= 15 is 0 Å². The molecule has 0 aliphatic carbocycles. The maximum Gasteiger partial charge on any atom is 0.275 e. The van der Waals surface area contributed by atoms with E-state index in [2.05, 4.69) is 49.3 Å². The number of rotatable bonds is 3. The van der Waals surface area contributed by atoms with Gasteiger partial charge in [0, 0.05) is 60.8 Å². The Morgan fingerprint density at radius 3 is 2.83 bits per heavy atom. The highest BCUT2D eigenvalue weighted by Crippen LogP contribution is 2.23. The molecule has 1 amide bonds. The number of aromatic nitrogens is 2. The number of anilines is 1. The Morgan fingerprint density at radius 2 is 1.97 bits per heavy atom. The van der Waals surface area contributed by atoms with Crippen molar-refractivity contribution in [2.45, 2.75) is 0 Å². The zero-order valence-electron chi connectivity index (χ0n) is 16.2. The van der Waals surface area contributed by atoms with Gasteiger partial charge in [0.15, 0.2) is 0 Å². The predicted octanol–water partition coefficient (Wildman–Crippen LogP) is 2.23. The van der Waals surface area contributed by atoms with Crippen LogP contribution >= 0.6 is 0 Å². The molecule has 1 saturated heterocycles. The van der Waals surface area contributed by atoms with Crippen LogP contribution in [0.15, 0.2) is 59.5 Å². The van der Waals surface area contributed by atoms with Crippen molar-refractivity contribution in [3.8, 4) is 0 Å². The molecule has 2 aliphatic heterocycles. The summed E-state index contributed by atoms with van der Waals surface area (Å²) in [7, 11) is 2.15. The van der Waals surface area contributed by atoms with E-state index in [0.717, 1.165) is 54.0 Å². The molecule has 29 heavy (non-hydrogen) atoms. The Morgan fingerprint density at radius 1 is 1.10 bits per heavy atom. The molecule has 2 N–H and O–H groups in total. The average molecular weight is 386 g/mol. The van der Waals surface area contributed by atoms with Gasteiger partial charge in [-0.25, -0.2) is 9.98 Å². The molecule has 2 aliphatic rings. The van der Waals surface area contributed by atoms with Gasteiger partial charge in [0.05, 0.1) is 0 Å².